The number of hydrogen-bond acceptors (Lipinski definition) is 3. The smallest absolute Gasteiger partial charge is 0.257 e. The van der Waals surface area contributed by atoms with Gasteiger partial charge < -0.3 is 14.5 Å². The normalized spacial score (nSPS) is 13.7. The number of halogens is 1. The molecule has 0 atom stereocenters. The van der Waals surface area contributed by atoms with Gasteiger partial charge in [-0.1, -0.05) is 60.1 Å². The summed E-state index contributed by atoms with van der Waals surface area (Å²) >= 11 is 6.21. The maximum atomic E-state index is 13.2. The molecule has 1 fully saturated rings. The van der Waals surface area contributed by atoms with Crippen LogP contribution in [-0.2, 0) is 6.61 Å². The van der Waals surface area contributed by atoms with Crippen molar-refractivity contribution in [1.29, 1.82) is 0 Å². The fourth-order valence-corrected chi connectivity index (χ4v) is 3.78. The van der Waals surface area contributed by atoms with E-state index in [9.17, 15) is 9.59 Å². The number of amides is 2. The molecule has 1 heterocycles. The molecule has 0 aromatic heterocycles. The SMILES string of the molecule is O=C(c1ccccc1)N1CCN(C(=O)c2ccccc2OCc2ccccc2Cl)CC1. The molecular weight excluding hydrogens is 412 g/mol. The first-order valence-corrected chi connectivity index (χ1v) is 10.6. The zero-order valence-electron chi connectivity index (χ0n) is 17.0. The zero-order valence-corrected chi connectivity index (χ0v) is 17.8. The van der Waals surface area contributed by atoms with Crippen LogP contribution in [0, 0.1) is 0 Å². The third kappa shape index (κ3) is 4.89. The summed E-state index contributed by atoms with van der Waals surface area (Å²) in [4.78, 5) is 29.4. The van der Waals surface area contributed by atoms with Crippen LogP contribution in [0.1, 0.15) is 26.3 Å². The second-order valence-corrected chi connectivity index (χ2v) is 7.73. The summed E-state index contributed by atoms with van der Waals surface area (Å²) in [7, 11) is 0. The zero-order chi connectivity index (χ0) is 21.6. The Morgan fingerprint density at radius 2 is 1.32 bits per heavy atom. The first-order chi connectivity index (χ1) is 15.1. The van der Waals surface area contributed by atoms with Gasteiger partial charge in [-0.3, -0.25) is 9.59 Å². The van der Waals surface area contributed by atoms with E-state index in [0.29, 0.717) is 48.1 Å². The van der Waals surface area contributed by atoms with Crippen molar-refractivity contribution in [3.05, 3.63) is 101 Å². The minimum absolute atomic E-state index is 0.00354. The highest BCUT2D eigenvalue weighted by Crippen LogP contribution is 2.24. The van der Waals surface area contributed by atoms with Gasteiger partial charge >= 0.3 is 0 Å². The Kier molecular flexibility index (Phi) is 6.53. The van der Waals surface area contributed by atoms with Crippen LogP contribution in [-0.4, -0.2) is 47.8 Å². The molecule has 0 unspecified atom stereocenters. The Labute approximate surface area is 186 Å². The van der Waals surface area contributed by atoms with Gasteiger partial charge in [-0.05, 0) is 30.3 Å². The molecule has 6 heteroatoms. The molecule has 0 N–H and O–H groups in total. The average Bonchev–Trinajstić information content (AvgIpc) is 2.83. The van der Waals surface area contributed by atoms with Crippen molar-refractivity contribution in [1.82, 2.24) is 9.80 Å². The van der Waals surface area contributed by atoms with Gasteiger partial charge in [0, 0.05) is 42.3 Å². The molecule has 3 aromatic carbocycles. The second kappa shape index (κ2) is 9.67. The molecule has 158 valence electrons. The number of benzene rings is 3. The molecule has 1 aliphatic heterocycles. The highest BCUT2D eigenvalue weighted by molar-refractivity contribution is 6.31. The van der Waals surface area contributed by atoms with Crippen molar-refractivity contribution in [2.75, 3.05) is 26.2 Å². The Hall–Kier alpha value is -3.31. The van der Waals surface area contributed by atoms with Crippen molar-refractivity contribution in [3.63, 3.8) is 0 Å². The average molecular weight is 435 g/mol. The van der Waals surface area contributed by atoms with Crippen LogP contribution in [0.25, 0.3) is 0 Å². The van der Waals surface area contributed by atoms with E-state index < -0.39 is 0 Å². The Morgan fingerprint density at radius 1 is 0.742 bits per heavy atom. The van der Waals surface area contributed by atoms with E-state index in [1.165, 1.54) is 0 Å². The maximum Gasteiger partial charge on any atom is 0.257 e. The van der Waals surface area contributed by atoms with Gasteiger partial charge in [0.1, 0.15) is 12.4 Å². The van der Waals surface area contributed by atoms with Crippen molar-refractivity contribution >= 4 is 23.4 Å². The van der Waals surface area contributed by atoms with Gasteiger partial charge in [0.15, 0.2) is 0 Å². The number of hydrogen-bond donors (Lipinski definition) is 0. The van der Waals surface area contributed by atoms with Crippen LogP contribution in [0.15, 0.2) is 78.9 Å². The van der Waals surface area contributed by atoms with Crippen LogP contribution < -0.4 is 4.74 Å². The topological polar surface area (TPSA) is 49.9 Å². The van der Waals surface area contributed by atoms with Gasteiger partial charge in [-0.2, -0.15) is 0 Å². The van der Waals surface area contributed by atoms with E-state index in [4.69, 9.17) is 16.3 Å². The fraction of sp³-hybridized carbons (Fsp3) is 0.200. The summed E-state index contributed by atoms with van der Waals surface area (Å²) in [6, 6.07) is 23.9. The fourth-order valence-electron chi connectivity index (χ4n) is 3.59. The number of rotatable bonds is 5. The van der Waals surface area contributed by atoms with E-state index in [1.54, 1.807) is 21.9 Å². The van der Waals surface area contributed by atoms with E-state index >= 15 is 0 Å². The van der Waals surface area contributed by atoms with E-state index in [2.05, 4.69) is 0 Å². The summed E-state index contributed by atoms with van der Waals surface area (Å²) in [5.74, 6) is 0.424. The summed E-state index contributed by atoms with van der Waals surface area (Å²) in [6.45, 7) is 2.25. The molecule has 4 rings (SSSR count). The lowest BCUT2D eigenvalue weighted by Crippen LogP contribution is -2.50. The largest absolute Gasteiger partial charge is 0.488 e. The monoisotopic (exact) mass is 434 g/mol. The molecule has 2 amide bonds. The number of piperazine rings is 1. The van der Waals surface area contributed by atoms with E-state index in [-0.39, 0.29) is 18.4 Å². The van der Waals surface area contributed by atoms with Crippen LogP contribution in [0.5, 0.6) is 5.75 Å². The predicted molar refractivity (Wildman–Crippen MR) is 120 cm³/mol. The highest BCUT2D eigenvalue weighted by atomic mass is 35.5. The van der Waals surface area contributed by atoms with E-state index in [0.717, 1.165) is 5.56 Å². The summed E-state index contributed by atoms with van der Waals surface area (Å²) < 4.78 is 5.94. The minimum atomic E-state index is -0.0958. The van der Waals surface area contributed by atoms with Crippen molar-refractivity contribution in [2.45, 2.75) is 6.61 Å². The van der Waals surface area contributed by atoms with Gasteiger partial charge in [-0.25, -0.2) is 0 Å². The molecule has 0 saturated carbocycles. The van der Waals surface area contributed by atoms with Crippen LogP contribution in [0.4, 0.5) is 0 Å². The Bertz CT molecular complexity index is 1060. The van der Waals surface area contributed by atoms with Gasteiger partial charge in [0.25, 0.3) is 11.8 Å². The Morgan fingerprint density at radius 3 is 2.03 bits per heavy atom. The summed E-state index contributed by atoms with van der Waals surface area (Å²) in [5, 5.41) is 0.630. The lowest BCUT2D eigenvalue weighted by molar-refractivity contribution is 0.0533. The van der Waals surface area contributed by atoms with Crippen molar-refractivity contribution < 1.29 is 14.3 Å². The van der Waals surface area contributed by atoms with Crippen LogP contribution in [0.2, 0.25) is 5.02 Å². The molecule has 5 nitrogen and oxygen atoms in total. The summed E-state index contributed by atoms with van der Waals surface area (Å²) in [6.07, 6.45) is 0. The number of nitrogens with zero attached hydrogens (tertiary/aromatic N) is 2. The molecule has 0 radical (unpaired) electrons. The molecule has 0 spiro atoms. The minimum Gasteiger partial charge on any atom is -0.488 e. The van der Waals surface area contributed by atoms with Gasteiger partial charge in [0.05, 0.1) is 5.56 Å². The first kappa shape index (κ1) is 20.9. The molecule has 3 aromatic rings. The molecule has 1 saturated heterocycles. The third-order valence-electron chi connectivity index (χ3n) is 5.33. The lowest BCUT2D eigenvalue weighted by Gasteiger charge is -2.35. The highest BCUT2D eigenvalue weighted by Gasteiger charge is 2.26. The first-order valence-electron chi connectivity index (χ1n) is 10.2. The van der Waals surface area contributed by atoms with Gasteiger partial charge in [-0.15, -0.1) is 0 Å². The molecule has 31 heavy (non-hydrogen) atoms. The lowest BCUT2D eigenvalue weighted by atomic mass is 10.1. The van der Waals surface area contributed by atoms with Crippen LogP contribution >= 0.6 is 11.6 Å². The summed E-state index contributed by atoms with van der Waals surface area (Å²) in [5.41, 5.74) is 2.04. The molecular formula is C25H23ClN2O3. The number of carbonyl (C=O) groups excluding carboxylic acids is 2. The van der Waals surface area contributed by atoms with Gasteiger partial charge in [0.2, 0.25) is 0 Å². The number of carbonyl (C=O) groups is 2. The van der Waals surface area contributed by atoms with E-state index in [1.807, 2.05) is 66.7 Å². The molecule has 0 bridgehead atoms. The Balaban J connectivity index is 1.40. The van der Waals surface area contributed by atoms with Crippen LogP contribution in [0.3, 0.4) is 0 Å². The second-order valence-electron chi connectivity index (χ2n) is 7.33. The predicted octanol–water partition coefficient (Wildman–Crippen LogP) is 4.52. The number of para-hydroxylation sites is 1. The molecule has 0 aliphatic carbocycles. The standard InChI is InChI=1S/C25H23ClN2O3/c26-22-12-6-4-10-20(22)18-31-23-13-7-5-11-21(23)25(30)28-16-14-27(15-17-28)24(29)19-8-2-1-3-9-19/h1-13H,14-18H2. The third-order valence-corrected chi connectivity index (χ3v) is 5.70. The van der Waals surface area contributed by atoms with Crippen molar-refractivity contribution in [3.8, 4) is 5.75 Å². The van der Waals surface area contributed by atoms with Crippen molar-refractivity contribution in [2.24, 2.45) is 0 Å². The quantitative estimate of drug-likeness (QED) is 0.593. The number of ether oxygens (including phenoxy) is 1. The molecule has 1 aliphatic rings. The maximum absolute atomic E-state index is 13.2.